The maximum atomic E-state index is 10.3. The van der Waals surface area contributed by atoms with Crippen LogP contribution in [-0.2, 0) is 11.2 Å². The van der Waals surface area contributed by atoms with Crippen molar-refractivity contribution in [3.05, 3.63) is 26.6 Å². The lowest BCUT2D eigenvalue weighted by Gasteiger charge is -2.05. The summed E-state index contributed by atoms with van der Waals surface area (Å²) in [5, 5.41) is 18.1. The number of phenolic OH excluding ortho intramolecular Hbond substituents is 1. The Morgan fingerprint density at radius 1 is 1.36 bits per heavy atom. The summed E-state index contributed by atoms with van der Waals surface area (Å²) in [6.45, 7) is 0. The smallest absolute Gasteiger partial charge is 0.303 e. The lowest BCUT2D eigenvalue weighted by Crippen LogP contribution is -1.97. The summed E-state index contributed by atoms with van der Waals surface area (Å²) >= 11 is 6.44. The number of carboxylic acids is 1. The van der Waals surface area contributed by atoms with Crippen LogP contribution in [0.4, 0.5) is 0 Å². The van der Waals surface area contributed by atoms with Crippen molar-refractivity contribution in [1.82, 2.24) is 0 Å². The molecule has 0 unspecified atom stereocenters. The predicted molar refractivity (Wildman–Crippen MR) is 59.5 cm³/mol. The third kappa shape index (κ3) is 2.99. The van der Waals surface area contributed by atoms with Crippen LogP contribution in [0.5, 0.6) is 5.75 Å². The quantitative estimate of drug-likeness (QED) is 0.899. The number of hydrogen-bond acceptors (Lipinski definition) is 2. The molecule has 5 heteroatoms. The molecule has 1 rings (SSSR count). The molecule has 0 aliphatic carbocycles. The van der Waals surface area contributed by atoms with Gasteiger partial charge in [0.05, 0.1) is 4.47 Å². The predicted octanol–water partition coefficient (Wildman–Crippen LogP) is 2.93. The van der Waals surface area contributed by atoms with Gasteiger partial charge >= 0.3 is 5.97 Å². The molecule has 0 fully saturated rings. The number of aromatic hydroxyl groups is 1. The molecule has 0 heterocycles. The molecular formula is C9H8Br2O3. The van der Waals surface area contributed by atoms with Crippen LogP contribution in [-0.4, -0.2) is 16.2 Å². The second kappa shape index (κ2) is 4.79. The Kier molecular flexibility index (Phi) is 3.95. The van der Waals surface area contributed by atoms with Gasteiger partial charge < -0.3 is 10.2 Å². The third-order valence-electron chi connectivity index (χ3n) is 1.72. The first kappa shape index (κ1) is 11.5. The van der Waals surface area contributed by atoms with Crippen LogP contribution in [0, 0.1) is 0 Å². The Labute approximate surface area is 98.0 Å². The fourth-order valence-electron chi connectivity index (χ4n) is 1.05. The molecule has 0 aliphatic rings. The van der Waals surface area contributed by atoms with Gasteiger partial charge in [0, 0.05) is 10.9 Å². The van der Waals surface area contributed by atoms with Gasteiger partial charge in [0.25, 0.3) is 0 Å². The summed E-state index contributed by atoms with van der Waals surface area (Å²) in [7, 11) is 0. The molecule has 14 heavy (non-hydrogen) atoms. The standard InChI is InChI=1S/C9H8Br2O3/c10-6-3-5(1-2-8(12)13)9(14)7(11)4-6/h3-4,14H,1-2H2,(H,12,13). The first-order valence-corrected chi connectivity index (χ1v) is 5.48. The third-order valence-corrected chi connectivity index (χ3v) is 2.78. The topological polar surface area (TPSA) is 57.5 Å². The minimum atomic E-state index is -0.875. The van der Waals surface area contributed by atoms with Crippen molar-refractivity contribution in [1.29, 1.82) is 0 Å². The van der Waals surface area contributed by atoms with Crippen LogP contribution in [0.1, 0.15) is 12.0 Å². The van der Waals surface area contributed by atoms with E-state index in [1.807, 2.05) is 0 Å². The van der Waals surface area contributed by atoms with Gasteiger partial charge in [-0.15, -0.1) is 0 Å². The number of carbonyl (C=O) groups is 1. The van der Waals surface area contributed by atoms with E-state index >= 15 is 0 Å². The monoisotopic (exact) mass is 322 g/mol. The van der Waals surface area contributed by atoms with Crippen molar-refractivity contribution >= 4 is 37.8 Å². The van der Waals surface area contributed by atoms with E-state index in [-0.39, 0.29) is 12.2 Å². The summed E-state index contributed by atoms with van der Waals surface area (Å²) in [5.74, 6) is -0.769. The fraction of sp³-hybridized carbons (Fsp3) is 0.222. The molecule has 0 saturated heterocycles. The highest BCUT2D eigenvalue weighted by atomic mass is 79.9. The Hall–Kier alpha value is -0.550. The van der Waals surface area contributed by atoms with Crippen molar-refractivity contribution in [3.63, 3.8) is 0 Å². The molecule has 1 aromatic carbocycles. The second-order valence-electron chi connectivity index (χ2n) is 2.79. The number of halogens is 2. The summed E-state index contributed by atoms with van der Waals surface area (Å²) < 4.78 is 1.37. The molecule has 2 N–H and O–H groups in total. The SMILES string of the molecule is O=C(O)CCc1cc(Br)cc(Br)c1O. The van der Waals surface area contributed by atoms with Crippen molar-refractivity contribution in [2.75, 3.05) is 0 Å². The van der Waals surface area contributed by atoms with Gasteiger partial charge in [-0.25, -0.2) is 0 Å². The largest absolute Gasteiger partial charge is 0.506 e. The maximum Gasteiger partial charge on any atom is 0.303 e. The van der Waals surface area contributed by atoms with E-state index in [4.69, 9.17) is 5.11 Å². The minimum Gasteiger partial charge on any atom is -0.506 e. The molecule has 0 aromatic heterocycles. The summed E-state index contributed by atoms with van der Waals surface area (Å²) in [4.78, 5) is 10.3. The van der Waals surface area contributed by atoms with Crippen LogP contribution in [0.2, 0.25) is 0 Å². The first-order valence-electron chi connectivity index (χ1n) is 3.89. The van der Waals surface area contributed by atoms with E-state index < -0.39 is 5.97 Å². The number of benzene rings is 1. The molecule has 0 spiro atoms. The molecule has 0 amide bonds. The van der Waals surface area contributed by atoms with E-state index in [9.17, 15) is 9.90 Å². The first-order chi connectivity index (χ1) is 6.50. The minimum absolute atomic E-state index is 0.0104. The van der Waals surface area contributed by atoms with Gasteiger partial charge in [-0.3, -0.25) is 4.79 Å². The number of aliphatic carboxylic acids is 1. The lowest BCUT2D eigenvalue weighted by molar-refractivity contribution is -0.136. The van der Waals surface area contributed by atoms with E-state index in [1.165, 1.54) is 0 Å². The van der Waals surface area contributed by atoms with Crippen molar-refractivity contribution in [3.8, 4) is 5.75 Å². The Bertz CT molecular complexity index is 363. The number of hydrogen-bond donors (Lipinski definition) is 2. The number of aryl methyl sites for hydroxylation is 1. The Balaban J connectivity index is 2.90. The van der Waals surface area contributed by atoms with Crippen LogP contribution in [0.15, 0.2) is 21.1 Å². The van der Waals surface area contributed by atoms with E-state index in [1.54, 1.807) is 12.1 Å². The molecule has 0 radical (unpaired) electrons. The highest BCUT2D eigenvalue weighted by molar-refractivity contribution is 9.11. The fourth-order valence-corrected chi connectivity index (χ4v) is 2.37. The van der Waals surface area contributed by atoms with Crippen molar-refractivity contribution < 1.29 is 15.0 Å². The van der Waals surface area contributed by atoms with Crippen LogP contribution >= 0.6 is 31.9 Å². The number of carboxylic acid groups (broad SMARTS) is 1. The number of phenols is 1. The van der Waals surface area contributed by atoms with E-state index in [0.29, 0.717) is 16.5 Å². The highest BCUT2D eigenvalue weighted by Gasteiger charge is 2.08. The molecule has 0 saturated carbocycles. The molecular weight excluding hydrogens is 316 g/mol. The van der Waals surface area contributed by atoms with Gasteiger partial charge in [0.15, 0.2) is 0 Å². The zero-order valence-electron chi connectivity index (χ0n) is 7.13. The van der Waals surface area contributed by atoms with Gasteiger partial charge in [-0.2, -0.15) is 0 Å². The molecule has 0 aliphatic heterocycles. The van der Waals surface area contributed by atoms with Gasteiger partial charge in [0.1, 0.15) is 5.75 Å². The van der Waals surface area contributed by atoms with Crippen molar-refractivity contribution in [2.24, 2.45) is 0 Å². The molecule has 76 valence electrons. The zero-order chi connectivity index (χ0) is 10.7. The maximum absolute atomic E-state index is 10.3. The average Bonchev–Trinajstić information content (AvgIpc) is 2.08. The Morgan fingerprint density at radius 2 is 2.00 bits per heavy atom. The Morgan fingerprint density at radius 3 is 2.57 bits per heavy atom. The lowest BCUT2D eigenvalue weighted by atomic mass is 10.1. The summed E-state index contributed by atoms with van der Waals surface area (Å²) in [6.07, 6.45) is 0.329. The van der Waals surface area contributed by atoms with Crippen LogP contribution in [0.3, 0.4) is 0 Å². The van der Waals surface area contributed by atoms with Crippen molar-refractivity contribution in [2.45, 2.75) is 12.8 Å². The average molecular weight is 324 g/mol. The molecule has 0 bridgehead atoms. The van der Waals surface area contributed by atoms with Crippen LogP contribution < -0.4 is 0 Å². The van der Waals surface area contributed by atoms with Gasteiger partial charge in [-0.1, -0.05) is 15.9 Å². The second-order valence-corrected chi connectivity index (χ2v) is 4.56. The van der Waals surface area contributed by atoms with Crippen LogP contribution in [0.25, 0.3) is 0 Å². The van der Waals surface area contributed by atoms with E-state index in [2.05, 4.69) is 31.9 Å². The number of rotatable bonds is 3. The van der Waals surface area contributed by atoms with Gasteiger partial charge in [0.2, 0.25) is 0 Å². The molecule has 1 aromatic rings. The zero-order valence-corrected chi connectivity index (χ0v) is 10.3. The summed E-state index contributed by atoms with van der Waals surface area (Å²) in [6, 6.07) is 3.42. The molecule has 3 nitrogen and oxygen atoms in total. The summed E-state index contributed by atoms with van der Waals surface area (Å²) in [5.41, 5.74) is 0.619. The normalized spacial score (nSPS) is 10.1. The van der Waals surface area contributed by atoms with Gasteiger partial charge in [-0.05, 0) is 40.0 Å². The van der Waals surface area contributed by atoms with E-state index in [0.717, 1.165) is 4.47 Å². The highest BCUT2D eigenvalue weighted by Crippen LogP contribution is 2.32. The molecule has 0 atom stereocenters.